The first-order chi connectivity index (χ1) is 12.0. The molecule has 0 bridgehead atoms. The molecule has 144 valence electrons. The van der Waals surface area contributed by atoms with Gasteiger partial charge in [-0.15, -0.1) is 0 Å². The van der Waals surface area contributed by atoms with E-state index in [9.17, 15) is 18.4 Å². The van der Waals surface area contributed by atoms with E-state index >= 15 is 0 Å². The minimum atomic E-state index is -1.16. The lowest BCUT2D eigenvalue weighted by Gasteiger charge is -2.37. The molecule has 2 rings (SSSR count). The molecule has 1 aromatic rings. The third-order valence-corrected chi connectivity index (χ3v) is 4.67. The molecule has 0 N–H and O–H groups in total. The molecule has 0 aromatic heterocycles. The van der Waals surface area contributed by atoms with Gasteiger partial charge in [-0.2, -0.15) is 0 Å². The van der Waals surface area contributed by atoms with Gasteiger partial charge < -0.3 is 14.5 Å². The predicted octanol–water partition coefficient (Wildman–Crippen LogP) is 4.20. The van der Waals surface area contributed by atoms with Crippen LogP contribution in [-0.4, -0.2) is 53.6 Å². The Bertz CT molecular complexity index is 698. The molecule has 0 aliphatic carbocycles. The standard InChI is InChI=1S/C18H23BrF2N2O3/c1-18(2,3)26-17(25)23-7-5-12(6-8-23)22(4)16(24)13-9-11(19)10-14(20)15(13)21/h9-10,12H,5-8H2,1-4H3. The highest BCUT2D eigenvalue weighted by Crippen LogP contribution is 2.24. The number of ether oxygens (including phenoxy) is 1. The number of amides is 2. The van der Waals surface area contributed by atoms with E-state index in [4.69, 9.17) is 4.74 Å². The van der Waals surface area contributed by atoms with Gasteiger partial charge in [-0.1, -0.05) is 15.9 Å². The van der Waals surface area contributed by atoms with E-state index in [0.29, 0.717) is 30.4 Å². The maximum absolute atomic E-state index is 14.0. The maximum Gasteiger partial charge on any atom is 0.410 e. The average Bonchev–Trinajstić information content (AvgIpc) is 2.55. The highest BCUT2D eigenvalue weighted by Gasteiger charge is 2.31. The quantitative estimate of drug-likeness (QED) is 0.657. The Morgan fingerprint density at radius 1 is 1.23 bits per heavy atom. The molecule has 26 heavy (non-hydrogen) atoms. The van der Waals surface area contributed by atoms with Gasteiger partial charge in [0.05, 0.1) is 5.56 Å². The third kappa shape index (κ3) is 4.93. The number of likely N-dealkylation sites (tertiary alicyclic amines) is 1. The predicted molar refractivity (Wildman–Crippen MR) is 97.0 cm³/mol. The van der Waals surface area contributed by atoms with Crippen molar-refractivity contribution in [1.29, 1.82) is 0 Å². The summed E-state index contributed by atoms with van der Waals surface area (Å²) in [6.07, 6.45) is 0.698. The number of rotatable bonds is 2. The van der Waals surface area contributed by atoms with E-state index in [1.807, 2.05) is 0 Å². The summed E-state index contributed by atoms with van der Waals surface area (Å²) in [5.74, 6) is -2.81. The third-order valence-electron chi connectivity index (χ3n) is 4.21. The fourth-order valence-corrected chi connectivity index (χ4v) is 3.26. The lowest BCUT2D eigenvalue weighted by Crippen LogP contribution is -2.48. The lowest BCUT2D eigenvalue weighted by atomic mass is 10.0. The van der Waals surface area contributed by atoms with E-state index in [1.165, 1.54) is 11.0 Å². The number of benzene rings is 1. The number of halogens is 3. The molecule has 0 saturated carbocycles. The highest BCUT2D eigenvalue weighted by atomic mass is 79.9. The molecular formula is C18H23BrF2N2O3. The topological polar surface area (TPSA) is 49.9 Å². The molecule has 0 spiro atoms. The summed E-state index contributed by atoms with van der Waals surface area (Å²) in [5.41, 5.74) is -0.878. The smallest absolute Gasteiger partial charge is 0.410 e. The molecule has 2 amide bonds. The molecule has 0 atom stereocenters. The van der Waals surface area contributed by atoms with Crippen molar-refractivity contribution in [2.45, 2.75) is 45.3 Å². The Balaban J connectivity index is 2.01. The molecule has 1 fully saturated rings. The Kier molecular flexibility index (Phi) is 6.26. The largest absolute Gasteiger partial charge is 0.444 e. The number of nitrogens with zero attached hydrogens (tertiary/aromatic N) is 2. The number of carbonyl (C=O) groups excluding carboxylic acids is 2. The second kappa shape index (κ2) is 7.90. The van der Waals surface area contributed by atoms with E-state index in [2.05, 4.69) is 15.9 Å². The zero-order valence-electron chi connectivity index (χ0n) is 15.3. The number of carbonyl (C=O) groups is 2. The molecule has 1 aliphatic heterocycles. The van der Waals surface area contributed by atoms with Crippen molar-refractivity contribution in [2.24, 2.45) is 0 Å². The van der Waals surface area contributed by atoms with Crippen LogP contribution in [0.1, 0.15) is 44.0 Å². The van der Waals surface area contributed by atoms with Gasteiger partial charge in [-0.05, 0) is 45.7 Å². The first-order valence-corrected chi connectivity index (χ1v) is 9.18. The van der Waals surface area contributed by atoms with Crippen molar-refractivity contribution in [3.05, 3.63) is 33.8 Å². The van der Waals surface area contributed by atoms with Gasteiger partial charge in [0.25, 0.3) is 5.91 Å². The van der Waals surface area contributed by atoms with Gasteiger partial charge in [0.2, 0.25) is 0 Å². The van der Waals surface area contributed by atoms with Gasteiger partial charge in [-0.3, -0.25) is 4.79 Å². The number of hydrogen-bond donors (Lipinski definition) is 0. The van der Waals surface area contributed by atoms with E-state index in [-0.39, 0.29) is 17.7 Å². The molecule has 0 radical (unpaired) electrons. The summed E-state index contributed by atoms with van der Waals surface area (Å²) < 4.78 is 33.2. The normalized spacial score (nSPS) is 15.7. The second-order valence-electron chi connectivity index (χ2n) is 7.36. The molecule has 0 unspecified atom stereocenters. The van der Waals surface area contributed by atoms with Crippen molar-refractivity contribution in [1.82, 2.24) is 9.80 Å². The Morgan fingerprint density at radius 3 is 2.35 bits per heavy atom. The van der Waals surface area contributed by atoms with Crippen LogP contribution in [0.3, 0.4) is 0 Å². The van der Waals surface area contributed by atoms with Crippen LogP contribution in [0.2, 0.25) is 0 Å². The molecule has 8 heteroatoms. The molecule has 1 heterocycles. The van der Waals surface area contributed by atoms with Crippen molar-refractivity contribution < 1.29 is 23.1 Å². The molecule has 1 aromatic carbocycles. The first kappa shape index (κ1) is 20.6. The zero-order chi connectivity index (χ0) is 19.6. The number of piperidine rings is 1. The summed E-state index contributed by atoms with van der Waals surface area (Å²) in [6, 6.07) is 2.08. The Morgan fingerprint density at radius 2 is 1.81 bits per heavy atom. The van der Waals surface area contributed by atoms with Crippen molar-refractivity contribution in [2.75, 3.05) is 20.1 Å². The number of hydrogen-bond acceptors (Lipinski definition) is 3. The van der Waals surface area contributed by atoms with Crippen LogP contribution in [-0.2, 0) is 4.74 Å². The maximum atomic E-state index is 14.0. The van der Waals surface area contributed by atoms with Crippen molar-refractivity contribution in [3.63, 3.8) is 0 Å². The highest BCUT2D eigenvalue weighted by molar-refractivity contribution is 9.10. The van der Waals surface area contributed by atoms with Crippen molar-refractivity contribution in [3.8, 4) is 0 Å². The summed E-state index contributed by atoms with van der Waals surface area (Å²) in [6.45, 7) is 6.28. The summed E-state index contributed by atoms with van der Waals surface area (Å²) in [7, 11) is 1.56. The van der Waals surface area contributed by atoms with Gasteiger partial charge >= 0.3 is 6.09 Å². The SMILES string of the molecule is CN(C(=O)c1cc(Br)cc(F)c1F)C1CCN(C(=O)OC(C)(C)C)CC1. The van der Waals surface area contributed by atoms with Crippen LogP contribution in [0.4, 0.5) is 13.6 Å². The average molecular weight is 433 g/mol. The van der Waals surface area contributed by atoms with Crippen molar-refractivity contribution >= 4 is 27.9 Å². The zero-order valence-corrected chi connectivity index (χ0v) is 16.9. The second-order valence-corrected chi connectivity index (χ2v) is 8.28. The summed E-state index contributed by atoms with van der Waals surface area (Å²) in [5, 5.41) is 0. The van der Waals surface area contributed by atoms with Gasteiger partial charge in [0, 0.05) is 30.7 Å². The molecule has 5 nitrogen and oxygen atoms in total. The Labute approximate surface area is 160 Å². The minimum Gasteiger partial charge on any atom is -0.444 e. The first-order valence-electron chi connectivity index (χ1n) is 8.39. The summed E-state index contributed by atoms with van der Waals surface area (Å²) in [4.78, 5) is 27.7. The molecule has 1 saturated heterocycles. The monoisotopic (exact) mass is 432 g/mol. The fraction of sp³-hybridized carbons (Fsp3) is 0.556. The molecule has 1 aliphatic rings. The van der Waals surface area contributed by atoms with Crippen LogP contribution < -0.4 is 0 Å². The van der Waals surface area contributed by atoms with Gasteiger partial charge in [-0.25, -0.2) is 13.6 Å². The van der Waals surface area contributed by atoms with Crippen LogP contribution in [0.25, 0.3) is 0 Å². The van der Waals surface area contributed by atoms with Gasteiger partial charge in [0.1, 0.15) is 5.60 Å². The fourth-order valence-electron chi connectivity index (χ4n) is 2.83. The van der Waals surface area contributed by atoms with E-state index in [0.717, 1.165) is 6.07 Å². The van der Waals surface area contributed by atoms with E-state index < -0.39 is 23.1 Å². The van der Waals surface area contributed by atoms with Crippen LogP contribution in [0.15, 0.2) is 16.6 Å². The van der Waals surface area contributed by atoms with E-state index in [1.54, 1.807) is 32.7 Å². The van der Waals surface area contributed by atoms with Crippen LogP contribution in [0.5, 0.6) is 0 Å². The van der Waals surface area contributed by atoms with Crippen LogP contribution in [0, 0.1) is 11.6 Å². The van der Waals surface area contributed by atoms with Gasteiger partial charge in [0.15, 0.2) is 11.6 Å². The molecular weight excluding hydrogens is 410 g/mol. The summed E-state index contributed by atoms with van der Waals surface area (Å²) >= 11 is 3.07. The lowest BCUT2D eigenvalue weighted by molar-refractivity contribution is 0.0159. The Hall–Kier alpha value is -1.70. The van der Waals surface area contributed by atoms with Crippen LogP contribution >= 0.6 is 15.9 Å². The minimum absolute atomic E-state index is 0.164.